The van der Waals surface area contributed by atoms with Crippen LogP contribution in [0.3, 0.4) is 0 Å². The summed E-state index contributed by atoms with van der Waals surface area (Å²) in [7, 11) is 1.30. The van der Waals surface area contributed by atoms with Crippen LogP contribution in [0.1, 0.15) is 245 Å². The molecule has 0 saturated carbocycles. The number of allylic oxidation sites excluding steroid dienone is 2. The van der Waals surface area contributed by atoms with E-state index in [0.717, 1.165) is 44.9 Å². The number of quaternary nitrogens is 1. The maximum Gasteiger partial charge on any atom is 0.268 e. The fourth-order valence-corrected chi connectivity index (χ4v) is 8.23. The highest BCUT2D eigenvalue weighted by Crippen LogP contribution is 2.38. The highest BCUT2D eigenvalue weighted by Gasteiger charge is 2.24. The van der Waals surface area contributed by atoms with Crippen molar-refractivity contribution in [1.82, 2.24) is 5.32 Å². The molecule has 0 radical (unpaired) electrons. The molecule has 0 bridgehead atoms. The summed E-state index contributed by atoms with van der Waals surface area (Å²) < 4.78 is 23.3. The van der Waals surface area contributed by atoms with E-state index >= 15 is 0 Å². The molecular weight excluding hydrogens is 744 g/mol. The van der Waals surface area contributed by atoms with E-state index in [1.165, 1.54) is 173 Å². The second-order valence-corrected chi connectivity index (χ2v) is 19.9. The van der Waals surface area contributed by atoms with E-state index in [4.69, 9.17) is 9.05 Å². The van der Waals surface area contributed by atoms with E-state index in [9.17, 15) is 19.4 Å². The van der Waals surface area contributed by atoms with Crippen LogP contribution in [0.5, 0.6) is 0 Å². The fourth-order valence-electron chi connectivity index (χ4n) is 7.51. The summed E-state index contributed by atoms with van der Waals surface area (Å²) in [6.07, 6.45) is 47.9. The lowest BCUT2D eigenvalue weighted by Crippen LogP contribution is -2.46. The Balaban J connectivity index is 4.29. The van der Waals surface area contributed by atoms with Crippen LogP contribution in [0.4, 0.5) is 0 Å². The molecule has 0 aromatic rings. The molecule has 0 saturated heterocycles. The Hall–Kier alpha value is -0.760. The smallest absolute Gasteiger partial charge is 0.268 e. The lowest BCUT2D eigenvalue weighted by atomic mass is 10.0. The maximum absolute atomic E-state index is 12.9. The summed E-state index contributed by atoms with van der Waals surface area (Å²) in [6.45, 7) is 4.73. The summed E-state index contributed by atoms with van der Waals surface area (Å²) >= 11 is 0. The number of likely N-dealkylation sites (N-methyl/N-ethyl adjacent to an activating group) is 1. The maximum atomic E-state index is 12.9. The topological polar surface area (TPSA) is 108 Å². The molecule has 0 rings (SSSR count). The van der Waals surface area contributed by atoms with Gasteiger partial charge in [-0.05, 0) is 38.5 Å². The number of phosphoric ester groups is 1. The SMILES string of the molecule is CCCCCCCCCCCCC/C=C/CCCC[C@@H](O)[C@H](COP(=O)([O-])OCC[N+](C)(C)C)NC(=O)CCCCCCCCCCCCCCCCCCCCC. The van der Waals surface area contributed by atoms with Crippen molar-refractivity contribution in [3.8, 4) is 0 Å². The standard InChI is InChI=1S/C49H99N2O6P/c1-6-8-10-12-14-16-18-20-22-24-25-27-29-31-33-35-37-39-41-43-49(53)50-47(46-57-58(54,55)56-45-44-51(3,4)5)48(52)42-40-38-36-34-32-30-28-26-23-21-19-17-15-13-11-9-7-2/h32,34,47-48,52H,6-31,33,35-46H2,1-5H3,(H-,50,53,54,55)/b34-32+/t47-,48+/m0/s1. The zero-order valence-electron chi connectivity index (χ0n) is 39.3. The van der Waals surface area contributed by atoms with E-state index < -0.39 is 20.0 Å². The number of hydrogen-bond acceptors (Lipinski definition) is 6. The molecule has 1 amide bonds. The zero-order chi connectivity index (χ0) is 42.8. The molecule has 9 heteroatoms. The van der Waals surface area contributed by atoms with Crippen molar-refractivity contribution in [2.75, 3.05) is 40.9 Å². The average Bonchev–Trinajstić information content (AvgIpc) is 3.17. The van der Waals surface area contributed by atoms with Gasteiger partial charge in [0.05, 0.1) is 39.9 Å². The summed E-state index contributed by atoms with van der Waals surface area (Å²) in [5, 5.41) is 13.9. The Kier molecular flexibility index (Phi) is 41.0. The second kappa shape index (κ2) is 41.6. The summed E-state index contributed by atoms with van der Waals surface area (Å²) in [6, 6.07) is -0.811. The molecule has 58 heavy (non-hydrogen) atoms. The Morgan fingerprint density at radius 2 is 0.948 bits per heavy atom. The van der Waals surface area contributed by atoms with Crippen LogP contribution >= 0.6 is 7.82 Å². The molecule has 0 spiro atoms. The highest BCUT2D eigenvalue weighted by molar-refractivity contribution is 7.45. The van der Waals surface area contributed by atoms with Gasteiger partial charge in [0.2, 0.25) is 5.91 Å². The van der Waals surface area contributed by atoms with Crippen molar-refractivity contribution in [3.63, 3.8) is 0 Å². The predicted molar refractivity (Wildman–Crippen MR) is 247 cm³/mol. The number of carbonyl (C=O) groups excluding carboxylic acids is 1. The Morgan fingerprint density at radius 1 is 0.586 bits per heavy atom. The molecule has 1 unspecified atom stereocenters. The second-order valence-electron chi connectivity index (χ2n) is 18.5. The van der Waals surface area contributed by atoms with Gasteiger partial charge in [-0.2, -0.15) is 0 Å². The van der Waals surface area contributed by atoms with Crippen LogP contribution in [0.2, 0.25) is 0 Å². The molecule has 0 aromatic carbocycles. The number of rotatable bonds is 46. The van der Waals surface area contributed by atoms with Gasteiger partial charge in [-0.3, -0.25) is 9.36 Å². The number of amides is 1. The fraction of sp³-hybridized carbons (Fsp3) is 0.939. The first kappa shape index (κ1) is 57.2. The van der Waals surface area contributed by atoms with Crippen LogP contribution in [0.25, 0.3) is 0 Å². The first-order chi connectivity index (χ1) is 28.0. The van der Waals surface area contributed by atoms with E-state index in [-0.39, 0.29) is 19.1 Å². The molecule has 0 aromatic heterocycles. The Bertz CT molecular complexity index is 958. The molecule has 8 nitrogen and oxygen atoms in total. The molecule has 3 atom stereocenters. The van der Waals surface area contributed by atoms with Crippen LogP contribution in [-0.4, -0.2) is 68.5 Å². The van der Waals surface area contributed by atoms with Crippen molar-refractivity contribution >= 4 is 13.7 Å². The lowest BCUT2D eigenvalue weighted by molar-refractivity contribution is -0.870. The average molecular weight is 843 g/mol. The van der Waals surface area contributed by atoms with Gasteiger partial charge in [0.25, 0.3) is 7.82 Å². The van der Waals surface area contributed by atoms with E-state index in [1.54, 1.807) is 0 Å². The molecule has 0 aliphatic carbocycles. The van der Waals surface area contributed by atoms with Crippen molar-refractivity contribution in [2.24, 2.45) is 0 Å². The first-order valence-corrected chi connectivity index (χ1v) is 26.5. The number of phosphoric acid groups is 1. The summed E-state index contributed by atoms with van der Waals surface area (Å²) in [4.78, 5) is 25.4. The number of unbranched alkanes of at least 4 members (excludes halogenated alkanes) is 31. The molecule has 346 valence electrons. The van der Waals surface area contributed by atoms with Gasteiger partial charge < -0.3 is 28.8 Å². The number of aliphatic hydroxyl groups excluding tert-OH is 1. The van der Waals surface area contributed by atoms with Crippen molar-refractivity contribution in [2.45, 2.75) is 257 Å². The van der Waals surface area contributed by atoms with Crippen molar-refractivity contribution < 1.29 is 32.9 Å². The Morgan fingerprint density at radius 3 is 1.34 bits per heavy atom. The number of nitrogens with one attached hydrogen (secondary N) is 1. The van der Waals surface area contributed by atoms with Gasteiger partial charge >= 0.3 is 0 Å². The van der Waals surface area contributed by atoms with Gasteiger partial charge in [0.1, 0.15) is 13.2 Å². The summed E-state index contributed by atoms with van der Waals surface area (Å²) in [5.41, 5.74) is 0. The molecule has 0 heterocycles. The number of carbonyl (C=O) groups is 1. The monoisotopic (exact) mass is 843 g/mol. The number of hydrogen-bond donors (Lipinski definition) is 2. The first-order valence-electron chi connectivity index (χ1n) is 25.0. The normalized spacial score (nSPS) is 14.3. The van der Waals surface area contributed by atoms with Crippen LogP contribution in [0, 0.1) is 0 Å². The Labute approximate surface area is 361 Å². The van der Waals surface area contributed by atoms with Gasteiger partial charge in [0.15, 0.2) is 0 Å². The minimum atomic E-state index is -4.57. The minimum absolute atomic E-state index is 0.00995. The van der Waals surface area contributed by atoms with E-state index in [1.807, 2.05) is 21.1 Å². The number of nitrogens with zero attached hydrogens (tertiary/aromatic N) is 1. The zero-order valence-corrected chi connectivity index (χ0v) is 40.2. The third-order valence-electron chi connectivity index (χ3n) is 11.5. The highest BCUT2D eigenvalue weighted by atomic mass is 31.2. The van der Waals surface area contributed by atoms with Gasteiger partial charge in [-0.15, -0.1) is 0 Å². The quantitative estimate of drug-likeness (QED) is 0.0273. The van der Waals surface area contributed by atoms with Crippen LogP contribution in [-0.2, 0) is 18.4 Å². The lowest BCUT2D eigenvalue weighted by Gasteiger charge is -2.30. The van der Waals surface area contributed by atoms with Gasteiger partial charge in [0, 0.05) is 6.42 Å². The number of aliphatic hydroxyl groups is 1. The predicted octanol–water partition coefficient (Wildman–Crippen LogP) is 13.7. The van der Waals surface area contributed by atoms with Gasteiger partial charge in [-0.25, -0.2) is 0 Å². The molecular formula is C49H99N2O6P. The molecule has 0 aliphatic heterocycles. The largest absolute Gasteiger partial charge is 0.756 e. The minimum Gasteiger partial charge on any atom is -0.756 e. The molecule has 0 fully saturated rings. The van der Waals surface area contributed by atoms with Gasteiger partial charge in [-0.1, -0.05) is 212 Å². The van der Waals surface area contributed by atoms with E-state index in [2.05, 4.69) is 31.3 Å². The van der Waals surface area contributed by atoms with Crippen LogP contribution < -0.4 is 10.2 Å². The molecule has 0 aliphatic rings. The third kappa shape index (κ3) is 43.3. The van der Waals surface area contributed by atoms with E-state index in [0.29, 0.717) is 23.9 Å². The van der Waals surface area contributed by atoms with Crippen LogP contribution in [0.15, 0.2) is 12.2 Å². The summed E-state index contributed by atoms with van der Waals surface area (Å²) in [5.74, 6) is -0.170. The third-order valence-corrected chi connectivity index (χ3v) is 12.5. The molecule has 2 N–H and O–H groups in total. The van der Waals surface area contributed by atoms with Crippen molar-refractivity contribution in [1.29, 1.82) is 0 Å². The van der Waals surface area contributed by atoms with Crippen molar-refractivity contribution in [3.05, 3.63) is 12.2 Å².